The smallest absolute Gasteiger partial charge is 0.183 e. The summed E-state index contributed by atoms with van der Waals surface area (Å²) in [5.41, 5.74) is 1.00. The first kappa shape index (κ1) is 55.7. The van der Waals surface area contributed by atoms with E-state index in [2.05, 4.69) is 11.3 Å². The van der Waals surface area contributed by atoms with Crippen molar-refractivity contribution in [1.82, 2.24) is 0 Å². The van der Waals surface area contributed by atoms with Gasteiger partial charge in [-0.1, -0.05) is 5.57 Å². The molecule has 0 aliphatic rings. The summed E-state index contributed by atoms with van der Waals surface area (Å²) in [5.74, 6) is 0. The molecule has 0 aromatic rings. The number of aliphatic hydroxyl groups is 1. The maximum absolute atomic E-state index is 8.37. The second-order valence-corrected chi connectivity index (χ2v) is 9.50. The first-order valence-electron chi connectivity index (χ1n) is 16.6. The molecule has 0 bridgehead atoms. The zero-order valence-electron chi connectivity index (χ0n) is 32.4. The van der Waals surface area contributed by atoms with E-state index in [9.17, 15) is 0 Å². The van der Waals surface area contributed by atoms with Gasteiger partial charge in [-0.15, -0.1) is 6.58 Å². The van der Waals surface area contributed by atoms with E-state index in [0.29, 0.717) is 13.0 Å². The van der Waals surface area contributed by atoms with Crippen molar-refractivity contribution in [3.63, 3.8) is 0 Å². The highest BCUT2D eigenvalue weighted by atomic mass is 17.2. The molecule has 0 heterocycles. The lowest BCUT2D eigenvalue weighted by Crippen LogP contribution is -2.13. The van der Waals surface area contributed by atoms with Gasteiger partial charge in [0.1, 0.15) is 6.79 Å². The van der Waals surface area contributed by atoms with Crippen LogP contribution in [-0.4, -0.2) is 182 Å². The summed E-state index contributed by atoms with van der Waals surface area (Å²) in [6, 6.07) is 0. The van der Waals surface area contributed by atoms with Crippen molar-refractivity contribution in [3.8, 4) is 0 Å². The lowest BCUT2D eigenvalue weighted by Gasteiger charge is -2.10. The van der Waals surface area contributed by atoms with Crippen molar-refractivity contribution in [2.45, 2.75) is 13.3 Å². The predicted octanol–water partition coefficient (Wildman–Crippen LogP) is 0.229. The third-order valence-electron chi connectivity index (χ3n) is 4.75. The van der Waals surface area contributed by atoms with E-state index in [4.69, 9.17) is 124 Å². The molecule has 0 rings (SSSR count). The standard InChI is InChI=1S/C30H60O27/c1-30(2)3-4-56-57-29-55-28-54-27-53-26-52-25-51-24-50-23-49-22-48-21-47-20-46-19-45-18-44-17-43-16-42-15-41-14-40-13-39-12-38-11-37-10-36-9-35-8-34-7-33-6-32-5-31/h31H,1,3-29H2,2H3. The molecule has 1 N–H and O–H groups in total. The van der Waals surface area contributed by atoms with Crippen LogP contribution in [0.1, 0.15) is 13.3 Å². The number of aliphatic hydroxyl groups excluding tert-OH is 1. The molecule has 0 atom stereocenters. The summed E-state index contributed by atoms with van der Waals surface area (Å²) in [5, 5.41) is 8.37. The highest BCUT2D eigenvalue weighted by Gasteiger charge is 1.97. The molecule has 27 heteroatoms. The van der Waals surface area contributed by atoms with Gasteiger partial charge in [0.15, 0.2) is 163 Å². The van der Waals surface area contributed by atoms with Crippen LogP contribution >= 0.6 is 0 Å². The van der Waals surface area contributed by atoms with Crippen LogP contribution in [0.2, 0.25) is 0 Å². The van der Waals surface area contributed by atoms with Crippen LogP contribution in [0.4, 0.5) is 0 Å². The minimum atomic E-state index is -0.429. The Hall–Kier alpha value is -1.34. The lowest BCUT2D eigenvalue weighted by molar-refractivity contribution is -0.346. The maximum Gasteiger partial charge on any atom is 0.183 e. The van der Waals surface area contributed by atoms with E-state index in [1.807, 2.05) is 6.92 Å². The molecule has 27 nitrogen and oxygen atoms in total. The Morgan fingerprint density at radius 1 is 0.281 bits per heavy atom. The third-order valence-corrected chi connectivity index (χ3v) is 4.75. The molecule has 0 saturated heterocycles. The van der Waals surface area contributed by atoms with E-state index in [1.54, 1.807) is 0 Å². The van der Waals surface area contributed by atoms with Crippen molar-refractivity contribution in [1.29, 1.82) is 0 Å². The molecular formula is C30H60O27. The van der Waals surface area contributed by atoms with Gasteiger partial charge in [-0.2, -0.15) is 0 Å². The molecule has 0 unspecified atom stereocenters. The molecule has 342 valence electrons. The van der Waals surface area contributed by atoms with Gasteiger partial charge in [0.25, 0.3) is 0 Å². The molecule has 0 fully saturated rings. The molecule has 0 aliphatic carbocycles. The van der Waals surface area contributed by atoms with E-state index < -0.39 is 6.79 Å². The number of rotatable bonds is 53. The number of hydrogen-bond donors (Lipinski definition) is 1. The summed E-state index contributed by atoms with van der Waals surface area (Å²) in [6.07, 6.45) is 0.709. The quantitative estimate of drug-likeness (QED) is 0.0282. The maximum atomic E-state index is 8.37. The molecule has 0 spiro atoms. The Kier molecular flexibility index (Phi) is 51.4. The predicted molar refractivity (Wildman–Crippen MR) is 176 cm³/mol. The molecule has 0 radical (unpaired) electrons. The van der Waals surface area contributed by atoms with Crippen LogP contribution in [-0.2, 0) is 123 Å². The molecule has 0 aliphatic heterocycles. The Morgan fingerprint density at radius 3 is 0.632 bits per heavy atom. The summed E-state index contributed by atoms with van der Waals surface area (Å²) in [6.45, 7) is 4.01. The van der Waals surface area contributed by atoms with Crippen molar-refractivity contribution in [2.24, 2.45) is 0 Å². The second-order valence-electron chi connectivity index (χ2n) is 9.50. The fourth-order valence-electron chi connectivity index (χ4n) is 2.52. The number of hydrogen-bond acceptors (Lipinski definition) is 27. The Labute approximate surface area is 330 Å². The summed E-state index contributed by atoms with van der Waals surface area (Å²) in [4.78, 5) is 9.64. The first-order valence-corrected chi connectivity index (χ1v) is 16.6. The lowest BCUT2D eigenvalue weighted by atomic mass is 10.3. The van der Waals surface area contributed by atoms with Gasteiger partial charge in [0.05, 0.1) is 6.61 Å². The van der Waals surface area contributed by atoms with Gasteiger partial charge < -0.3 is 119 Å². The topological polar surface area (TPSA) is 260 Å². The molecule has 0 saturated carbocycles. The van der Waals surface area contributed by atoms with E-state index in [-0.39, 0.29) is 163 Å². The zero-order chi connectivity index (χ0) is 41.1. The van der Waals surface area contributed by atoms with E-state index in [0.717, 1.165) is 5.57 Å². The van der Waals surface area contributed by atoms with Crippen LogP contribution in [0.5, 0.6) is 0 Å². The van der Waals surface area contributed by atoms with E-state index >= 15 is 0 Å². The molecule has 0 aromatic carbocycles. The van der Waals surface area contributed by atoms with Crippen molar-refractivity contribution in [2.75, 3.05) is 176 Å². The van der Waals surface area contributed by atoms with Crippen molar-refractivity contribution in [3.05, 3.63) is 12.2 Å². The fraction of sp³-hybridized carbons (Fsp3) is 0.933. The van der Waals surface area contributed by atoms with Crippen LogP contribution < -0.4 is 0 Å². The molecule has 0 aromatic heterocycles. The minimum absolute atomic E-state index is 0.0354. The van der Waals surface area contributed by atoms with Crippen LogP contribution in [0.15, 0.2) is 12.2 Å². The number of ether oxygens (including phenoxy) is 24. The van der Waals surface area contributed by atoms with Gasteiger partial charge in [-0.3, -0.25) is 0 Å². The van der Waals surface area contributed by atoms with Crippen LogP contribution in [0.25, 0.3) is 0 Å². The molecular weight excluding hydrogens is 792 g/mol. The summed E-state index contributed by atoms with van der Waals surface area (Å²) < 4.78 is 120. The van der Waals surface area contributed by atoms with Crippen molar-refractivity contribution < 1.29 is 129 Å². The highest BCUT2D eigenvalue weighted by molar-refractivity contribution is 4.86. The second kappa shape index (κ2) is 52.7. The van der Waals surface area contributed by atoms with Gasteiger partial charge in [-0.05, 0) is 13.3 Å². The Morgan fingerprint density at radius 2 is 0.456 bits per heavy atom. The Balaban J connectivity index is 3.06. The normalized spacial score (nSPS) is 11.6. The minimum Gasteiger partial charge on any atom is -0.371 e. The van der Waals surface area contributed by atoms with Crippen LogP contribution in [0, 0.1) is 0 Å². The van der Waals surface area contributed by atoms with Gasteiger partial charge in [-0.25, -0.2) is 9.78 Å². The zero-order valence-corrected chi connectivity index (χ0v) is 32.4. The highest BCUT2D eigenvalue weighted by Crippen LogP contribution is 1.96. The summed E-state index contributed by atoms with van der Waals surface area (Å²) in [7, 11) is 0. The molecule has 57 heavy (non-hydrogen) atoms. The van der Waals surface area contributed by atoms with Gasteiger partial charge in [0, 0.05) is 0 Å². The largest absolute Gasteiger partial charge is 0.371 e. The third kappa shape index (κ3) is 54.7. The average molecular weight is 853 g/mol. The van der Waals surface area contributed by atoms with Crippen LogP contribution in [0.3, 0.4) is 0 Å². The SMILES string of the molecule is C=C(C)CCOOCOCOCOCOCOCOCOCOCOCOCOCOCOCOCOCOCOCOCOCOCOCOCOCOCO. The van der Waals surface area contributed by atoms with Gasteiger partial charge >= 0.3 is 0 Å². The average Bonchev–Trinajstić information content (AvgIpc) is 3.21. The Bertz CT molecular complexity index is 747. The fourth-order valence-corrected chi connectivity index (χ4v) is 2.52. The first-order chi connectivity index (χ1) is 28.3. The monoisotopic (exact) mass is 852 g/mol. The molecule has 0 amide bonds. The summed E-state index contributed by atoms with van der Waals surface area (Å²) >= 11 is 0. The van der Waals surface area contributed by atoms with Crippen molar-refractivity contribution >= 4 is 0 Å². The van der Waals surface area contributed by atoms with E-state index in [1.165, 1.54) is 0 Å². The van der Waals surface area contributed by atoms with Gasteiger partial charge in [0.2, 0.25) is 0 Å².